The highest BCUT2D eigenvalue weighted by atomic mass is 16.5. The van der Waals surface area contributed by atoms with E-state index < -0.39 is 11.9 Å². The van der Waals surface area contributed by atoms with Gasteiger partial charge in [-0.25, -0.2) is 0 Å². The van der Waals surface area contributed by atoms with Gasteiger partial charge < -0.3 is 14.7 Å². The first-order valence-corrected chi connectivity index (χ1v) is 6.15. The third kappa shape index (κ3) is 2.97. The molecule has 0 aromatic rings. The lowest BCUT2D eigenvalue weighted by Crippen LogP contribution is -2.35. The molecular formula is C12H19NO4. The molecule has 2 rings (SSSR count). The van der Waals surface area contributed by atoms with Crippen molar-refractivity contribution >= 4 is 11.9 Å². The van der Waals surface area contributed by atoms with Crippen LogP contribution in [0.15, 0.2) is 0 Å². The molecule has 2 aliphatic rings. The van der Waals surface area contributed by atoms with E-state index in [0.717, 1.165) is 32.6 Å². The van der Waals surface area contributed by atoms with E-state index in [0.29, 0.717) is 12.3 Å². The number of hydrogen-bond acceptors (Lipinski definition) is 3. The summed E-state index contributed by atoms with van der Waals surface area (Å²) in [6, 6.07) is 0. The van der Waals surface area contributed by atoms with Gasteiger partial charge in [-0.05, 0) is 25.2 Å². The lowest BCUT2D eigenvalue weighted by atomic mass is 10.00. The summed E-state index contributed by atoms with van der Waals surface area (Å²) in [6.45, 7) is 2.27. The van der Waals surface area contributed by atoms with Gasteiger partial charge in [-0.2, -0.15) is 0 Å². The standard InChI is InChI=1S/C12H19NO4/c1-13(7-8-2-4-17-5-3-8)11(14)9-6-10(9)12(15)16/h8-10H,2-7H2,1H3,(H,15,16). The Morgan fingerprint density at radius 1 is 1.29 bits per heavy atom. The third-order valence-corrected chi connectivity index (χ3v) is 3.67. The lowest BCUT2D eigenvalue weighted by molar-refractivity contribution is -0.141. The van der Waals surface area contributed by atoms with Crippen LogP contribution in [0.3, 0.4) is 0 Å². The number of carboxylic acids is 1. The zero-order valence-corrected chi connectivity index (χ0v) is 10.1. The summed E-state index contributed by atoms with van der Waals surface area (Å²) in [5.74, 6) is -1.08. The summed E-state index contributed by atoms with van der Waals surface area (Å²) in [5.41, 5.74) is 0. The molecule has 1 aliphatic heterocycles. The normalized spacial score (nSPS) is 28.8. The van der Waals surface area contributed by atoms with Gasteiger partial charge in [-0.15, -0.1) is 0 Å². The van der Waals surface area contributed by atoms with Gasteiger partial charge in [0, 0.05) is 26.8 Å². The fourth-order valence-corrected chi connectivity index (χ4v) is 2.43. The van der Waals surface area contributed by atoms with Gasteiger partial charge in [0.1, 0.15) is 0 Å². The molecule has 1 aliphatic carbocycles. The van der Waals surface area contributed by atoms with Gasteiger partial charge >= 0.3 is 5.97 Å². The molecule has 0 aromatic heterocycles. The van der Waals surface area contributed by atoms with Gasteiger partial charge in [-0.3, -0.25) is 9.59 Å². The average Bonchev–Trinajstić information content (AvgIpc) is 3.09. The highest BCUT2D eigenvalue weighted by Crippen LogP contribution is 2.40. The summed E-state index contributed by atoms with van der Waals surface area (Å²) < 4.78 is 5.27. The average molecular weight is 241 g/mol. The molecule has 5 heteroatoms. The number of amides is 1. The van der Waals surface area contributed by atoms with Gasteiger partial charge in [-0.1, -0.05) is 0 Å². The molecule has 1 saturated heterocycles. The highest BCUT2D eigenvalue weighted by Gasteiger charge is 2.49. The minimum Gasteiger partial charge on any atom is -0.481 e. The molecule has 1 heterocycles. The van der Waals surface area contributed by atoms with Crippen LogP contribution in [0.5, 0.6) is 0 Å². The molecule has 0 radical (unpaired) electrons. The number of ether oxygens (including phenoxy) is 1. The third-order valence-electron chi connectivity index (χ3n) is 3.67. The van der Waals surface area contributed by atoms with Crippen LogP contribution in [0.1, 0.15) is 19.3 Å². The maximum atomic E-state index is 11.9. The van der Waals surface area contributed by atoms with Crippen molar-refractivity contribution in [3.8, 4) is 0 Å². The van der Waals surface area contributed by atoms with Gasteiger partial charge in [0.15, 0.2) is 0 Å². The Kier molecular flexibility index (Phi) is 3.66. The fraction of sp³-hybridized carbons (Fsp3) is 0.833. The van der Waals surface area contributed by atoms with Crippen molar-refractivity contribution < 1.29 is 19.4 Å². The number of carbonyl (C=O) groups is 2. The minimum absolute atomic E-state index is 0.0103. The van der Waals surface area contributed by atoms with E-state index in [1.165, 1.54) is 0 Å². The van der Waals surface area contributed by atoms with E-state index in [1.807, 2.05) is 0 Å². The summed E-state index contributed by atoms with van der Waals surface area (Å²) >= 11 is 0. The first-order valence-electron chi connectivity index (χ1n) is 6.15. The maximum Gasteiger partial charge on any atom is 0.307 e. The smallest absolute Gasteiger partial charge is 0.307 e. The second-order valence-corrected chi connectivity index (χ2v) is 5.06. The quantitative estimate of drug-likeness (QED) is 0.782. The van der Waals surface area contributed by atoms with Crippen molar-refractivity contribution in [3.05, 3.63) is 0 Å². The molecule has 1 saturated carbocycles. The Morgan fingerprint density at radius 2 is 1.94 bits per heavy atom. The van der Waals surface area contributed by atoms with Crippen LogP contribution in [0.2, 0.25) is 0 Å². The molecule has 0 aromatic carbocycles. The second kappa shape index (κ2) is 5.04. The van der Waals surface area contributed by atoms with E-state index in [2.05, 4.69) is 0 Å². The number of aliphatic carboxylic acids is 1. The first-order chi connectivity index (χ1) is 8.09. The van der Waals surface area contributed by atoms with E-state index in [-0.39, 0.29) is 11.8 Å². The predicted octanol–water partition coefficient (Wildman–Crippen LogP) is 0.592. The Bertz CT molecular complexity index is 312. The molecule has 17 heavy (non-hydrogen) atoms. The van der Waals surface area contributed by atoms with Crippen molar-refractivity contribution in [2.45, 2.75) is 19.3 Å². The SMILES string of the molecule is CN(CC1CCOCC1)C(=O)C1CC1C(=O)O. The van der Waals surface area contributed by atoms with Gasteiger partial charge in [0.2, 0.25) is 5.91 Å². The van der Waals surface area contributed by atoms with E-state index in [1.54, 1.807) is 11.9 Å². The first kappa shape index (κ1) is 12.4. The van der Waals surface area contributed by atoms with Crippen LogP contribution in [0.25, 0.3) is 0 Å². The van der Waals surface area contributed by atoms with Crippen LogP contribution >= 0.6 is 0 Å². The van der Waals surface area contributed by atoms with Crippen molar-refractivity contribution in [2.24, 2.45) is 17.8 Å². The van der Waals surface area contributed by atoms with Crippen molar-refractivity contribution in [1.82, 2.24) is 4.90 Å². The Balaban J connectivity index is 1.77. The summed E-state index contributed by atoms with van der Waals surface area (Å²) in [6.07, 6.45) is 2.49. The highest BCUT2D eigenvalue weighted by molar-refractivity contribution is 5.89. The maximum absolute atomic E-state index is 11.9. The second-order valence-electron chi connectivity index (χ2n) is 5.06. The Morgan fingerprint density at radius 3 is 2.47 bits per heavy atom. The molecule has 2 unspecified atom stereocenters. The Labute approximate surface area is 101 Å². The van der Waals surface area contributed by atoms with Crippen molar-refractivity contribution in [2.75, 3.05) is 26.8 Å². The monoisotopic (exact) mass is 241 g/mol. The van der Waals surface area contributed by atoms with Crippen LogP contribution in [0.4, 0.5) is 0 Å². The van der Waals surface area contributed by atoms with Crippen LogP contribution < -0.4 is 0 Å². The number of hydrogen-bond donors (Lipinski definition) is 1. The van der Waals surface area contributed by atoms with Crippen LogP contribution in [0, 0.1) is 17.8 Å². The zero-order chi connectivity index (χ0) is 12.4. The van der Waals surface area contributed by atoms with Crippen LogP contribution in [-0.4, -0.2) is 48.7 Å². The summed E-state index contributed by atoms with van der Waals surface area (Å²) in [4.78, 5) is 24.3. The van der Waals surface area contributed by atoms with E-state index >= 15 is 0 Å². The molecule has 96 valence electrons. The van der Waals surface area contributed by atoms with Gasteiger partial charge in [0.05, 0.1) is 11.8 Å². The van der Waals surface area contributed by atoms with Crippen molar-refractivity contribution in [1.29, 1.82) is 0 Å². The van der Waals surface area contributed by atoms with Gasteiger partial charge in [0.25, 0.3) is 0 Å². The number of rotatable bonds is 4. The van der Waals surface area contributed by atoms with Crippen molar-refractivity contribution in [3.63, 3.8) is 0 Å². The molecule has 5 nitrogen and oxygen atoms in total. The topological polar surface area (TPSA) is 66.8 Å². The lowest BCUT2D eigenvalue weighted by Gasteiger charge is -2.27. The zero-order valence-electron chi connectivity index (χ0n) is 10.1. The summed E-state index contributed by atoms with van der Waals surface area (Å²) in [7, 11) is 1.77. The number of carbonyl (C=O) groups excluding carboxylic acids is 1. The molecule has 0 spiro atoms. The molecular weight excluding hydrogens is 222 g/mol. The number of nitrogens with zero attached hydrogens (tertiary/aromatic N) is 1. The molecule has 1 amide bonds. The number of carboxylic acid groups (broad SMARTS) is 1. The fourth-order valence-electron chi connectivity index (χ4n) is 2.43. The largest absolute Gasteiger partial charge is 0.481 e. The molecule has 1 N–H and O–H groups in total. The molecule has 0 bridgehead atoms. The van der Waals surface area contributed by atoms with E-state index in [9.17, 15) is 9.59 Å². The van der Waals surface area contributed by atoms with Crippen LogP contribution in [-0.2, 0) is 14.3 Å². The van der Waals surface area contributed by atoms with E-state index in [4.69, 9.17) is 9.84 Å². The molecule has 2 atom stereocenters. The summed E-state index contributed by atoms with van der Waals surface area (Å²) in [5, 5.41) is 8.79. The minimum atomic E-state index is -0.845. The predicted molar refractivity (Wildman–Crippen MR) is 60.4 cm³/mol. The Hall–Kier alpha value is -1.10. The molecule has 2 fully saturated rings.